The molecule has 0 saturated carbocycles. The van der Waals surface area contributed by atoms with E-state index < -0.39 is 0 Å². The first-order valence-corrected chi connectivity index (χ1v) is 7.20. The lowest BCUT2D eigenvalue weighted by Crippen LogP contribution is -2.18. The summed E-state index contributed by atoms with van der Waals surface area (Å²) in [7, 11) is 5.16. The van der Waals surface area contributed by atoms with Gasteiger partial charge in [-0.1, -0.05) is 29.3 Å². The molecule has 2 aromatic carbocycles. The summed E-state index contributed by atoms with van der Waals surface area (Å²) in [5.74, 6) is 1.55. The minimum atomic E-state index is -0.0789. The Morgan fingerprint density at radius 3 is 2.29 bits per heavy atom. The van der Waals surface area contributed by atoms with Crippen LogP contribution in [0.4, 0.5) is 0 Å². The molecule has 21 heavy (non-hydrogen) atoms. The van der Waals surface area contributed by atoms with Crippen LogP contribution in [-0.2, 0) is 0 Å². The number of hydrogen-bond acceptors (Lipinski definition) is 3. The Morgan fingerprint density at radius 2 is 1.71 bits per heavy atom. The van der Waals surface area contributed by atoms with Crippen molar-refractivity contribution >= 4 is 23.2 Å². The molecule has 0 radical (unpaired) electrons. The average Bonchev–Trinajstić information content (AvgIpc) is 2.51. The Balaban J connectivity index is 2.51. The van der Waals surface area contributed by atoms with Crippen LogP contribution in [0.15, 0.2) is 36.4 Å². The van der Waals surface area contributed by atoms with Gasteiger partial charge in [0.2, 0.25) is 0 Å². The van der Waals surface area contributed by atoms with Gasteiger partial charge in [-0.05, 0) is 42.9 Å². The first kappa shape index (κ1) is 16.0. The molecule has 5 heteroatoms. The van der Waals surface area contributed by atoms with Gasteiger partial charge in [-0.2, -0.15) is 0 Å². The van der Waals surface area contributed by atoms with E-state index in [1.807, 2.05) is 37.4 Å². The number of rotatable bonds is 5. The molecule has 1 unspecified atom stereocenters. The Hall–Kier alpha value is -1.42. The maximum Gasteiger partial charge on any atom is 0.124 e. The van der Waals surface area contributed by atoms with Crippen LogP contribution < -0.4 is 14.8 Å². The standard InChI is InChI=1S/C16H17Cl2NO2/c1-19-16(10-4-6-13(17)14(18)8-10)12-9-11(20-2)5-7-15(12)21-3/h4-9,16,19H,1-3H3. The summed E-state index contributed by atoms with van der Waals surface area (Å²) in [6.07, 6.45) is 0. The van der Waals surface area contributed by atoms with Crippen LogP contribution in [0.5, 0.6) is 11.5 Å². The minimum absolute atomic E-state index is 0.0789. The molecule has 0 aliphatic heterocycles. The van der Waals surface area contributed by atoms with Crippen LogP contribution in [-0.4, -0.2) is 21.3 Å². The van der Waals surface area contributed by atoms with Crippen molar-refractivity contribution in [2.75, 3.05) is 21.3 Å². The van der Waals surface area contributed by atoms with Gasteiger partial charge >= 0.3 is 0 Å². The van der Waals surface area contributed by atoms with Crippen LogP contribution >= 0.6 is 23.2 Å². The molecule has 0 aromatic heterocycles. The van der Waals surface area contributed by atoms with Crippen molar-refractivity contribution in [3.8, 4) is 11.5 Å². The summed E-state index contributed by atoms with van der Waals surface area (Å²) >= 11 is 12.1. The summed E-state index contributed by atoms with van der Waals surface area (Å²) in [5, 5.41) is 4.33. The summed E-state index contributed by atoms with van der Waals surface area (Å²) < 4.78 is 10.7. The normalized spacial score (nSPS) is 12.0. The molecule has 0 saturated heterocycles. The van der Waals surface area contributed by atoms with Gasteiger partial charge in [0.05, 0.1) is 30.3 Å². The Kier molecular flexibility index (Phi) is 5.34. The molecule has 112 valence electrons. The second-order valence-corrected chi connectivity index (χ2v) is 5.32. The van der Waals surface area contributed by atoms with Gasteiger partial charge in [-0.25, -0.2) is 0 Å². The van der Waals surface area contributed by atoms with Crippen LogP contribution in [0.3, 0.4) is 0 Å². The minimum Gasteiger partial charge on any atom is -0.497 e. The topological polar surface area (TPSA) is 30.5 Å². The smallest absolute Gasteiger partial charge is 0.124 e. The van der Waals surface area contributed by atoms with Crippen molar-refractivity contribution in [1.29, 1.82) is 0 Å². The number of benzene rings is 2. The molecule has 0 fully saturated rings. The molecule has 1 atom stereocenters. The van der Waals surface area contributed by atoms with Crippen LogP contribution in [0.25, 0.3) is 0 Å². The predicted molar refractivity (Wildman–Crippen MR) is 86.9 cm³/mol. The molecule has 2 aromatic rings. The first-order chi connectivity index (χ1) is 10.1. The van der Waals surface area contributed by atoms with Gasteiger partial charge < -0.3 is 14.8 Å². The zero-order valence-electron chi connectivity index (χ0n) is 12.1. The second kappa shape index (κ2) is 7.03. The maximum atomic E-state index is 6.12. The zero-order valence-corrected chi connectivity index (χ0v) is 13.6. The molecule has 0 aliphatic rings. The summed E-state index contributed by atoms with van der Waals surface area (Å²) in [6, 6.07) is 11.2. The van der Waals surface area contributed by atoms with E-state index in [2.05, 4.69) is 5.32 Å². The highest BCUT2D eigenvalue weighted by atomic mass is 35.5. The SMILES string of the molecule is CNC(c1ccc(Cl)c(Cl)c1)c1cc(OC)ccc1OC. The molecule has 0 heterocycles. The molecule has 3 nitrogen and oxygen atoms in total. The van der Waals surface area contributed by atoms with Gasteiger partial charge in [0.15, 0.2) is 0 Å². The van der Waals surface area contributed by atoms with Crippen molar-refractivity contribution in [3.05, 3.63) is 57.6 Å². The van der Waals surface area contributed by atoms with Crippen LogP contribution in [0, 0.1) is 0 Å². The molecule has 0 spiro atoms. The van der Waals surface area contributed by atoms with E-state index in [0.29, 0.717) is 10.0 Å². The highest BCUT2D eigenvalue weighted by molar-refractivity contribution is 6.42. The van der Waals surface area contributed by atoms with Gasteiger partial charge in [0.1, 0.15) is 11.5 Å². The quantitative estimate of drug-likeness (QED) is 0.888. The van der Waals surface area contributed by atoms with Gasteiger partial charge in [0.25, 0.3) is 0 Å². The van der Waals surface area contributed by atoms with E-state index in [9.17, 15) is 0 Å². The summed E-state index contributed by atoms with van der Waals surface area (Å²) in [6.45, 7) is 0. The highest BCUT2D eigenvalue weighted by Crippen LogP contribution is 2.35. The largest absolute Gasteiger partial charge is 0.497 e. The fourth-order valence-electron chi connectivity index (χ4n) is 2.26. The molecule has 1 N–H and O–H groups in total. The lowest BCUT2D eigenvalue weighted by Gasteiger charge is -2.21. The number of ether oxygens (including phenoxy) is 2. The molecule has 0 amide bonds. The second-order valence-electron chi connectivity index (χ2n) is 4.50. The van der Waals surface area contributed by atoms with Crippen molar-refractivity contribution < 1.29 is 9.47 Å². The third-order valence-corrected chi connectivity index (χ3v) is 4.05. The molecule has 0 aliphatic carbocycles. The van der Waals surface area contributed by atoms with E-state index in [1.54, 1.807) is 20.3 Å². The summed E-state index contributed by atoms with van der Waals surface area (Å²) in [4.78, 5) is 0. The summed E-state index contributed by atoms with van der Waals surface area (Å²) in [5.41, 5.74) is 1.97. The number of nitrogens with one attached hydrogen (secondary N) is 1. The number of hydrogen-bond donors (Lipinski definition) is 1. The predicted octanol–water partition coefficient (Wildman–Crippen LogP) is 4.32. The van der Waals surface area contributed by atoms with E-state index >= 15 is 0 Å². The highest BCUT2D eigenvalue weighted by Gasteiger charge is 2.18. The third-order valence-electron chi connectivity index (χ3n) is 3.31. The Labute approximate surface area is 134 Å². The van der Waals surface area contributed by atoms with Gasteiger partial charge in [-0.3, -0.25) is 0 Å². The van der Waals surface area contributed by atoms with Crippen molar-refractivity contribution in [1.82, 2.24) is 5.32 Å². The fourth-order valence-corrected chi connectivity index (χ4v) is 2.57. The maximum absolute atomic E-state index is 6.12. The van der Waals surface area contributed by atoms with Crippen molar-refractivity contribution in [2.45, 2.75) is 6.04 Å². The number of methoxy groups -OCH3 is 2. The Bertz CT molecular complexity index is 632. The number of halogens is 2. The average molecular weight is 326 g/mol. The van der Waals surface area contributed by atoms with E-state index in [0.717, 1.165) is 22.6 Å². The fraction of sp³-hybridized carbons (Fsp3) is 0.250. The van der Waals surface area contributed by atoms with Crippen LogP contribution in [0.1, 0.15) is 17.2 Å². The molecular weight excluding hydrogens is 309 g/mol. The van der Waals surface area contributed by atoms with Gasteiger partial charge in [-0.15, -0.1) is 0 Å². The Morgan fingerprint density at radius 1 is 0.952 bits per heavy atom. The molecule has 0 bridgehead atoms. The van der Waals surface area contributed by atoms with Gasteiger partial charge in [0, 0.05) is 5.56 Å². The first-order valence-electron chi connectivity index (χ1n) is 6.44. The van der Waals surface area contributed by atoms with E-state index in [1.165, 1.54) is 0 Å². The van der Waals surface area contributed by atoms with E-state index in [4.69, 9.17) is 32.7 Å². The van der Waals surface area contributed by atoms with Crippen molar-refractivity contribution in [2.24, 2.45) is 0 Å². The zero-order chi connectivity index (χ0) is 15.4. The monoisotopic (exact) mass is 325 g/mol. The van der Waals surface area contributed by atoms with Crippen LogP contribution in [0.2, 0.25) is 10.0 Å². The lowest BCUT2D eigenvalue weighted by molar-refractivity contribution is 0.395. The molecular formula is C16H17Cl2NO2. The third kappa shape index (κ3) is 3.43. The molecule has 2 rings (SSSR count). The van der Waals surface area contributed by atoms with Crippen molar-refractivity contribution in [3.63, 3.8) is 0 Å². The lowest BCUT2D eigenvalue weighted by atomic mass is 9.97. The van der Waals surface area contributed by atoms with E-state index in [-0.39, 0.29) is 6.04 Å².